The fraction of sp³-hybridized carbons (Fsp3) is 0.408. The van der Waals surface area contributed by atoms with Crippen LogP contribution in [0.2, 0.25) is 10.0 Å². The highest BCUT2D eigenvalue weighted by Crippen LogP contribution is 2.46. The van der Waals surface area contributed by atoms with E-state index in [1.54, 1.807) is 23.5 Å². The van der Waals surface area contributed by atoms with E-state index in [0.717, 1.165) is 150 Å². The number of rotatable bonds is 2. The number of carboxylic acids is 1. The number of hydrogen-bond donors (Lipinski definition) is 1. The smallest absolute Gasteiger partial charge is 0.354 e. The van der Waals surface area contributed by atoms with E-state index < -0.39 is 5.97 Å². The number of methoxy groups -OCH3 is 1. The molecule has 4 aromatic carbocycles. The van der Waals surface area contributed by atoms with Gasteiger partial charge in [-0.15, -0.1) is 47.0 Å². The number of ether oxygens (including phenoxy) is 3. The summed E-state index contributed by atoms with van der Waals surface area (Å²) in [6.07, 6.45) is 10.4. The number of carboxylic acid groups (broad SMARTS) is 1. The van der Waals surface area contributed by atoms with Gasteiger partial charge in [0.15, 0.2) is 0 Å². The molecule has 0 saturated heterocycles. The Balaban J connectivity index is 0.000000169. The van der Waals surface area contributed by atoms with Gasteiger partial charge in [-0.3, -0.25) is 18.7 Å². The zero-order valence-corrected chi connectivity index (χ0v) is 59.0. The fourth-order valence-corrected chi connectivity index (χ4v) is 18.4. The highest BCUT2D eigenvalue weighted by atomic mass is 35.5. The van der Waals surface area contributed by atoms with Crippen LogP contribution in [0.5, 0.6) is 11.5 Å². The molecular formula is C71H78Cl2N10O6S4. The van der Waals surface area contributed by atoms with Gasteiger partial charge in [0.05, 0.1) is 43.1 Å². The minimum atomic E-state index is -0.946. The standard InChI is InChI=1S/C36H40ClN5O3S2.C35H38ClN5O3S2/c1-21-32-30-12-11-28(37)34(32)33-22(2)40(3)39-29(33)20-46-18-24-16-25(41(4)38-24)19-47-26-15-23-9-6-7-10-27(23)31(17-26)45-14-8-13-42(30)35(21)36(43)44-5;1-20-31-29-11-10-27(36)33(31)32-21(2)39(3)38-28(32)19-45-17-23-15-24(40(4)37-23)18-46-25-14-22-8-5-6-9-26(22)30(16-25)44-13-7-12-41(29)34(20)35(42)43/h11-12,15-17H,6-10,13-14,18-20H2,1-5H3;10-11,14-16H,5-9,12-13,17-19H2,1-4H3,(H,42,43). The second-order valence-corrected chi connectivity index (χ2v) is 29.6. The predicted molar refractivity (Wildman–Crippen MR) is 377 cm³/mol. The van der Waals surface area contributed by atoms with Crippen LogP contribution in [0.1, 0.15) is 138 Å². The van der Waals surface area contributed by atoms with E-state index in [1.165, 1.54) is 76.2 Å². The van der Waals surface area contributed by atoms with Crippen LogP contribution in [-0.2, 0) is 106 Å². The zero-order chi connectivity index (χ0) is 64.9. The summed E-state index contributed by atoms with van der Waals surface area (Å²) in [5.74, 6) is 5.21. The van der Waals surface area contributed by atoms with Gasteiger partial charge in [0.1, 0.15) is 22.9 Å². The first kappa shape index (κ1) is 65.0. The number of aromatic nitrogens is 10. The molecule has 14 rings (SSSR count). The Morgan fingerprint density at radius 2 is 0.968 bits per heavy atom. The average Bonchev–Trinajstić information content (AvgIpc) is 1.59. The number of benzene rings is 4. The van der Waals surface area contributed by atoms with Crippen LogP contribution in [0.25, 0.3) is 44.1 Å². The molecule has 8 heterocycles. The number of aryl methyl sites for hydroxylation is 10. The Bertz CT molecular complexity index is 4570. The molecule has 6 aromatic heterocycles. The quantitative estimate of drug-likeness (QED) is 0.163. The molecule has 22 heteroatoms. The Morgan fingerprint density at radius 3 is 1.42 bits per heavy atom. The molecular weight excluding hydrogens is 1290 g/mol. The van der Waals surface area contributed by atoms with Gasteiger partial charge in [-0.05, 0) is 186 Å². The first-order chi connectivity index (χ1) is 45.0. The Kier molecular flexibility index (Phi) is 19.3. The highest BCUT2D eigenvalue weighted by molar-refractivity contribution is 7.99. The Hall–Kier alpha value is -6.68. The van der Waals surface area contributed by atoms with Crippen molar-refractivity contribution in [3.05, 3.63) is 161 Å². The summed E-state index contributed by atoms with van der Waals surface area (Å²) in [6.45, 7) is 10.2. The van der Waals surface area contributed by atoms with Crippen molar-refractivity contribution >= 4 is 104 Å². The number of carbonyl (C=O) groups excluding carboxylic acids is 1. The van der Waals surface area contributed by atoms with Crippen LogP contribution in [0.15, 0.2) is 70.5 Å². The molecule has 16 bridgehead atoms. The van der Waals surface area contributed by atoms with Gasteiger partial charge in [0.2, 0.25) is 0 Å². The normalized spacial score (nSPS) is 15.6. The number of carbonyl (C=O) groups is 2. The molecule has 0 spiro atoms. The minimum absolute atomic E-state index is 0.292. The van der Waals surface area contributed by atoms with Gasteiger partial charge >= 0.3 is 11.9 Å². The Morgan fingerprint density at radius 1 is 0.527 bits per heavy atom. The molecule has 0 radical (unpaired) electrons. The molecule has 0 fully saturated rings. The maximum Gasteiger partial charge on any atom is 0.354 e. The first-order valence-corrected chi connectivity index (χ1v) is 37.0. The molecule has 16 nitrogen and oxygen atoms in total. The SMILES string of the molecule is COC(=O)c1c(C)c2c3c(Cl)ccc2n1CCCOc1cc(cc2c1CCCC2)SCc1cc(nn1C)CSCc1nn(C)c(C)c1-3.Cc1c(C(=O)O)n2c3ccc(Cl)c(c13)-c1c(nn(C)c1C)CSCc1cc(n(C)n1)CSc1cc3c(c(c1)OCCC2)CCCC3. The molecule has 0 atom stereocenters. The van der Waals surface area contributed by atoms with Crippen molar-refractivity contribution in [2.45, 2.75) is 149 Å². The third-order valence-electron chi connectivity index (χ3n) is 18.9. The maximum atomic E-state index is 13.3. The predicted octanol–water partition coefficient (Wildman–Crippen LogP) is 16.3. The van der Waals surface area contributed by atoms with Gasteiger partial charge in [-0.1, -0.05) is 23.2 Å². The molecule has 93 heavy (non-hydrogen) atoms. The van der Waals surface area contributed by atoms with E-state index in [2.05, 4.69) is 47.9 Å². The lowest BCUT2D eigenvalue weighted by Gasteiger charge is -2.21. The van der Waals surface area contributed by atoms with Crippen molar-refractivity contribution < 1.29 is 28.9 Å². The van der Waals surface area contributed by atoms with Crippen molar-refractivity contribution in [2.75, 3.05) is 20.3 Å². The summed E-state index contributed by atoms with van der Waals surface area (Å²) < 4.78 is 30.2. The topological polar surface area (TPSA) is 163 Å². The second kappa shape index (κ2) is 27.6. The van der Waals surface area contributed by atoms with Gasteiger partial charge in [0, 0.05) is 162 Å². The van der Waals surface area contributed by atoms with Crippen molar-refractivity contribution in [2.24, 2.45) is 28.2 Å². The summed E-state index contributed by atoms with van der Waals surface area (Å²) in [4.78, 5) is 28.5. The number of nitrogens with zero attached hydrogens (tertiary/aromatic N) is 10. The monoisotopic (exact) mass is 1360 g/mol. The van der Waals surface area contributed by atoms with Crippen molar-refractivity contribution in [3.8, 4) is 33.8 Å². The fourth-order valence-electron chi connectivity index (χ4n) is 14.2. The van der Waals surface area contributed by atoms with Crippen molar-refractivity contribution in [1.29, 1.82) is 0 Å². The van der Waals surface area contributed by atoms with Crippen LogP contribution < -0.4 is 9.47 Å². The van der Waals surface area contributed by atoms with Crippen LogP contribution in [0.4, 0.5) is 0 Å². The largest absolute Gasteiger partial charge is 0.493 e. The van der Waals surface area contributed by atoms with Crippen molar-refractivity contribution in [1.82, 2.24) is 48.3 Å². The lowest BCUT2D eigenvalue weighted by atomic mass is 9.91. The number of aromatic carboxylic acids is 1. The van der Waals surface area contributed by atoms with Crippen molar-refractivity contribution in [3.63, 3.8) is 0 Å². The van der Waals surface area contributed by atoms with Crippen LogP contribution in [0.3, 0.4) is 0 Å². The van der Waals surface area contributed by atoms with Gasteiger partial charge in [-0.2, -0.15) is 20.4 Å². The first-order valence-electron chi connectivity index (χ1n) is 32.0. The maximum absolute atomic E-state index is 13.3. The molecule has 486 valence electrons. The summed E-state index contributed by atoms with van der Waals surface area (Å²) in [5.41, 5.74) is 21.8. The van der Waals surface area contributed by atoms with E-state index in [1.807, 2.05) is 120 Å². The summed E-state index contributed by atoms with van der Waals surface area (Å²) in [6, 6.07) is 21.4. The van der Waals surface area contributed by atoms with E-state index in [4.69, 9.17) is 57.8 Å². The number of esters is 1. The minimum Gasteiger partial charge on any atom is -0.493 e. The van der Waals surface area contributed by atoms with Gasteiger partial charge in [0.25, 0.3) is 0 Å². The summed E-state index contributed by atoms with van der Waals surface area (Å²) in [5, 5.41) is 33.0. The summed E-state index contributed by atoms with van der Waals surface area (Å²) in [7, 11) is 9.41. The number of fused-ring (bicyclic) bond motifs is 16. The lowest BCUT2D eigenvalue weighted by Crippen LogP contribution is -2.14. The highest BCUT2D eigenvalue weighted by Gasteiger charge is 2.31. The third kappa shape index (κ3) is 12.8. The Labute approximate surface area is 569 Å². The van der Waals surface area contributed by atoms with Crippen LogP contribution in [0, 0.1) is 27.7 Å². The summed E-state index contributed by atoms with van der Waals surface area (Å²) >= 11 is 21.3. The number of hydrogen-bond acceptors (Lipinski definition) is 13. The number of thioether (sulfide) groups is 4. The number of halogens is 2. The molecule has 2 aliphatic carbocycles. The van der Waals surface area contributed by atoms with Gasteiger partial charge < -0.3 is 28.5 Å². The van der Waals surface area contributed by atoms with E-state index in [-0.39, 0.29) is 5.97 Å². The van der Waals surface area contributed by atoms with Gasteiger partial charge in [-0.25, -0.2) is 9.59 Å². The molecule has 0 amide bonds. The van der Waals surface area contributed by atoms with Crippen LogP contribution >= 0.6 is 70.2 Å². The zero-order valence-electron chi connectivity index (χ0n) is 54.3. The molecule has 2 aliphatic heterocycles. The average molecular weight is 1370 g/mol. The molecule has 1 N–H and O–H groups in total. The molecule has 4 aliphatic rings. The third-order valence-corrected chi connectivity index (χ3v) is 23.5. The van der Waals surface area contributed by atoms with Crippen LogP contribution in [-0.4, -0.2) is 85.6 Å². The molecule has 0 saturated carbocycles. The molecule has 0 unspecified atom stereocenters. The lowest BCUT2D eigenvalue weighted by molar-refractivity contribution is 0.0586. The van der Waals surface area contributed by atoms with E-state index >= 15 is 0 Å². The van der Waals surface area contributed by atoms with E-state index in [9.17, 15) is 14.7 Å². The van der Waals surface area contributed by atoms with E-state index in [0.29, 0.717) is 71.2 Å². The molecule has 10 aromatic rings. The second-order valence-electron chi connectivity index (χ2n) is 24.7.